The molecule has 0 spiro atoms. The number of rotatable bonds is 2. The molecule has 8 nitrogen and oxygen atoms in total. The minimum atomic E-state index is -0.768. The molecule has 2 aliphatic heterocycles. The first-order chi connectivity index (χ1) is 11.8. The molecule has 0 aromatic carbocycles. The third-order valence-corrected chi connectivity index (χ3v) is 4.70. The van der Waals surface area contributed by atoms with E-state index in [2.05, 4.69) is 9.97 Å². The molecule has 1 amide bonds. The molecule has 134 valence electrons. The van der Waals surface area contributed by atoms with E-state index in [1.807, 2.05) is 37.6 Å². The van der Waals surface area contributed by atoms with Gasteiger partial charge in [0.1, 0.15) is 24.2 Å². The summed E-state index contributed by atoms with van der Waals surface area (Å²) in [6.07, 6.45) is 1.36. The second-order valence-corrected chi connectivity index (χ2v) is 7.16. The maximum atomic E-state index is 12.6. The molecular weight excluding hydrogens is 324 g/mol. The molecule has 4 rings (SSSR count). The highest BCUT2D eigenvalue weighted by molar-refractivity contribution is 5.82. The Labute approximate surface area is 145 Å². The third kappa shape index (κ3) is 2.52. The van der Waals surface area contributed by atoms with E-state index < -0.39 is 30.3 Å². The molecule has 8 heteroatoms. The maximum Gasteiger partial charge on any atom is 0.254 e. The van der Waals surface area contributed by atoms with Gasteiger partial charge in [0.2, 0.25) is 0 Å². The van der Waals surface area contributed by atoms with Crippen molar-refractivity contribution >= 4 is 16.9 Å². The van der Waals surface area contributed by atoms with Gasteiger partial charge in [0.15, 0.2) is 18.1 Å². The molecule has 4 atom stereocenters. The van der Waals surface area contributed by atoms with Gasteiger partial charge in [0.25, 0.3) is 5.91 Å². The Hall–Kier alpha value is -2.03. The molecule has 0 radical (unpaired) electrons. The lowest BCUT2D eigenvalue weighted by atomic mass is 10.1. The van der Waals surface area contributed by atoms with Crippen LogP contribution >= 0.6 is 0 Å². The number of aromatic nitrogens is 3. The first-order valence-electron chi connectivity index (χ1n) is 8.29. The van der Waals surface area contributed by atoms with Crippen molar-refractivity contribution in [2.24, 2.45) is 0 Å². The lowest BCUT2D eigenvalue weighted by Crippen LogP contribution is -2.42. The van der Waals surface area contributed by atoms with Gasteiger partial charge >= 0.3 is 0 Å². The smallest absolute Gasteiger partial charge is 0.254 e. The SMILES string of the molecule is Cc1ncnc2c1ccn2[C@@H]1O[C@H](C(=O)N(C)C)[C@H]2OC(C)(C)O[C@H]21. The van der Waals surface area contributed by atoms with Crippen LogP contribution in [0.1, 0.15) is 25.8 Å². The molecule has 0 unspecified atom stereocenters. The van der Waals surface area contributed by atoms with Crippen LogP contribution in [-0.4, -0.2) is 63.5 Å². The molecule has 2 aromatic heterocycles. The van der Waals surface area contributed by atoms with Gasteiger partial charge in [0.05, 0.1) is 5.69 Å². The van der Waals surface area contributed by atoms with Gasteiger partial charge in [-0.15, -0.1) is 0 Å². The Kier molecular flexibility index (Phi) is 3.61. The van der Waals surface area contributed by atoms with Gasteiger partial charge in [-0.1, -0.05) is 0 Å². The Bertz CT molecular complexity index is 831. The predicted octanol–water partition coefficient (Wildman–Crippen LogP) is 1.25. The molecular formula is C17H22N4O4. The molecule has 0 N–H and O–H groups in total. The van der Waals surface area contributed by atoms with Crippen molar-refractivity contribution in [1.82, 2.24) is 19.4 Å². The van der Waals surface area contributed by atoms with Crippen molar-refractivity contribution in [1.29, 1.82) is 0 Å². The zero-order chi connectivity index (χ0) is 17.9. The third-order valence-electron chi connectivity index (χ3n) is 4.70. The standard InChI is InChI=1S/C17H22N4O4/c1-9-10-6-7-21(14(10)19-8-18-9)16-13-11(24-17(2,3)25-13)12(23-16)15(22)20(4)5/h6-8,11-13,16H,1-5H3/t11-,12+,13-,16-/m1/s1. The zero-order valence-corrected chi connectivity index (χ0v) is 15.0. The summed E-state index contributed by atoms with van der Waals surface area (Å²) in [6, 6.07) is 1.95. The summed E-state index contributed by atoms with van der Waals surface area (Å²) in [6.45, 7) is 5.63. The van der Waals surface area contributed by atoms with Gasteiger partial charge in [0, 0.05) is 25.7 Å². The second kappa shape index (κ2) is 5.48. The maximum absolute atomic E-state index is 12.6. The van der Waals surface area contributed by atoms with Crippen LogP contribution in [0.5, 0.6) is 0 Å². The summed E-state index contributed by atoms with van der Waals surface area (Å²) in [5, 5.41) is 0.947. The van der Waals surface area contributed by atoms with Crippen LogP contribution in [0, 0.1) is 6.92 Å². The fourth-order valence-electron chi connectivity index (χ4n) is 3.56. The zero-order valence-electron chi connectivity index (χ0n) is 15.0. The molecule has 2 fully saturated rings. The molecule has 2 aromatic rings. The van der Waals surface area contributed by atoms with Crippen LogP contribution in [0.15, 0.2) is 18.6 Å². The lowest BCUT2D eigenvalue weighted by Gasteiger charge is -2.25. The van der Waals surface area contributed by atoms with Crippen molar-refractivity contribution in [2.75, 3.05) is 14.1 Å². The van der Waals surface area contributed by atoms with Crippen LogP contribution in [0.3, 0.4) is 0 Å². The topological polar surface area (TPSA) is 78.7 Å². The number of hydrogen-bond donors (Lipinski definition) is 0. The van der Waals surface area contributed by atoms with Gasteiger partial charge < -0.3 is 23.7 Å². The monoisotopic (exact) mass is 346 g/mol. The van der Waals surface area contributed by atoms with E-state index in [0.717, 1.165) is 16.7 Å². The second-order valence-electron chi connectivity index (χ2n) is 7.16. The number of ether oxygens (including phenoxy) is 3. The summed E-state index contributed by atoms with van der Waals surface area (Å²) < 4.78 is 20.0. The van der Waals surface area contributed by atoms with E-state index in [-0.39, 0.29) is 5.91 Å². The van der Waals surface area contributed by atoms with Crippen molar-refractivity contribution < 1.29 is 19.0 Å². The van der Waals surface area contributed by atoms with Crippen molar-refractivity contribution in [2.45, 2.75) is 51.1 Å². The Morgan fingerprint density at radius 3 is 2.68 bits per heavy atom. The van der Waals surface area contributed by atoms with Gasteiger partial charge in [-0.3, -0.25) is 4.79 Å². The number of carbonyl (C=O) groups excluding carboxylic acids is 1. The van der Waals surface area contributed by atoms with Crippen molar-refractivity contribution in [3.63, 3.8) is 0 Å². The van der Waals surface area contributed by atoms with Crippen molar-refractivity contribution in [3.05, 3.63) is 24.3 Å². The van der Waals surface area contributed by atoms with Crippen LogP contribution in [0.25, 0.3) is 11.0 Å². The number of aryl methyl sites for hydroxylation is 1. The highest BCUT2D eigenvalue weighted by Crippen LogP contribution is 2.44. The van der Waals surface area contributed by atoms with Crippen LogP contribution in [0.4, 0.5) is 0 Å². The molecule has 2 aliphatic rings. The normalized spacial score (nSPS) is 30.6. The number of fused-ring (bicyclic) bond motifs is 2. The molecule has 0 bridgehead atoms. The highest BCUT2D eigenvalue weighted by atomic mass is 16.8. The van der Waals surface area contributed by atoms with E-state index in [0.29, 0.717) is 0 Å². The van der Waals surface area contributed by atoms with E-state index in [9.17, 15) is 4.79 Å². The van der Waals surface area contributed by atoms with Gasteiger partial charge in [-0.25, -0.2) is 9.97 Å². The summed E-state index contributed by atoms with van der Waals surface area (Å²) in [4.78, 5) is 22.7. The molecule has 0 saturated carbocycles. The minimum absolute atomic E-state index is 0.138. The number of likely N-dealkylation sites (N-methyl/N-ethyl adjacent to an activating group) is 1. The van der Waals surface area contributed by atoms with Gasteiger partial charge in [-0.05, 0) is 26.8 Å². The average molecular weight is 346 g/mol. The van der Waals surface area contributed by atoms with Crippen LogP contribution in [-0.2, 0) is 19.0 Å². The summed E-state index contributed by atoms with van der Waals surface area (Å²) in [5.74, 6) is -0.906. The molecule has 2 saturated heterocycles. The van der Waals surface area contributed by atoms with E-state index in [1.165, 1.54) is 11.2 Å². The van der Waals surface area contributed by atoms with Gasteiger partial charge in [-0.2, -0.15) is 0 Å². The Balaban J connectivity index is 1.76. The van der Waals surface area contributed by atoms with E-state index in [1.54, 1.807) is 14.1 Å². The largest absolute Gasteiger partial charge is 0.346 e. The fourth-order valence-corrected chi connectivity index (χ4v) is 3.56. The summed E-state index contributed by atoms with van der Waals surface area (Å²) in [5.41, 5.74) is 1.64. The lowest BCUT2D eigenvalue weighted by molar-refractivity contribution is -0.199. The first kappa shape index (κ1) is 16.4. The fraction of sp³-hybridized carbons (Fsp3) is 0.588. The average Bonchev–Trinajstić information content (AvgIpc) is 3.17. The number of carbonyl (C=O) groups is 1. The minimum Gasteiger partial charge on any atom is -0.346 e. The van der Waals surface area contributed by atoms with Crippen LogP contribution in [0.2, 0.25) is 0 Å². The number of hydrogen-bond acceptors (Lipinski definition) is 6. The van der Waals surface area contributed by atoms with Crippen LogP contribution < -0.4 is 0 Å². The quantitative estimate of drug-likeness (QED) is 0.814. The first-order valence-corrected chi connectivity index (χ1v) is 8.29. The van der Waals surface area contributed by atoms with E-state index >= 15 is 0 Å². The molecule has 4 heterocycles. The van der Waals surface area contributed by atoms with Crippen molar-refractivity contribution in [3.8, 4) is 0 Å². The highest BCUT2D eigenvalue weighted by Gasteiger charge is 2.58. The predicted molar refractivity (Wildman–Crippen MR) is 88.7 cm³/mol. The Morgan fingerprint density at radius 2 is 1.96 bits per heavy atom. The van der Waals surface area contributed by atoms with E-state index in [4.69, 9.17) is 14.2 Å². The summed E-state index contributed by atoms with van der Waals surface area (Å²) in [7, 11) is 3.41. The molecule has 0 aliphatic carbocycles. The number of amides is 1. The Morgan fingerprint density at radius 1 is 1.24 bits per heavy atom. The summed E-state index contributed by atoms with van der Waals surface area (Å²) >= 11 is 0. The molecule has 25 heavy (non-hydrogen) atoms. The number of nitrogens with zero attached hydrogens (tertiary/aromatic N) is 4.